The first-order valence-corrected chi connectivity index (χ1v) is 5.40. The van der Waals surface area contributed by atoms with Crippen molar-refractivity contribution in [2.75, 3.05) is 5.73 Å². The normalized spacial score (nSPS) is 10.2. The van der Waals surface area contributed by atoms with Crippen LogP contribution in [0, 0.1) is 12.7 Å². The number of halogens is 1. The van der Waals surface area contributed by atoms with Crippen molar-refractivity contribution in [1.82, 2.24) is 0 Å². The average Bonchev–Trinajstić information content (AvgIpc) is 2.33. The van der Waals surface area contributed by atoms with Gasteiger partial charge in [0.1, 0.15) is 12.4 Å². The van der Waals surface area contributed by atoms with E-state index in [0.29, 0.717) is 5.56 Å². The Bertz CT molecular complexity index is 525. The second-order valence-corrected chi connectivity index (χ2v) is 3.87. The molecule has 2 N–H and O–H groups in total. The Balaban J connectivity index is 2.13. The Hall–Kier alpha value is -2.03. The summed E-state index contributed by atoms with van der Waals surface area (Å²) in [6.45, 7) is 2.13. The monoisotopic (exact) mass is 231 g/mol. The molecule has 0 atom stereocenters. The molecule has 0 amide bonds. The summed E-state index contributed by atoms with van der Waals surface area (Å²) in [4.78, 5) is 0. The molecule has 2 nitrogen and oxygen atoms in total. The first kappa shape index (κ1) is 11.5. The minimum absolute atomic E-state index is 0.149. The van der Waals surface area contributed by atoms with Crippen LogP contribution in [0.4, 0.5) is 10.1 Å². The molecule has 0 bridgehead atoms. The lowest BCUT2D eigenvalue weighted by Crippen LogP contribution is -2.02. The Labute approximate surface area is 99.8 Å². The standard InChI is InChI=1S/C14H14FNO/c1-10-5-2-3-8-13(10)17-9-11-6-4-7-12(16)14(11)15/h2-8H,9,16H2,1H3. The number of ether oxygens (including phenoxy) is 1. The van der Waals surface area contributed by atoms with Gasteiger partial charge < -0.3 is 10.5 Å². The Morgan fingerprint density at radius 2 is 1.88 bits per heavy atom. The number of rotatable bonds is 3. The van der Waals surface area contributed by atoms with Crippen LogP contribution in [0.5, 0.6) is 5.75 Å². The van der Waals surface area contributed by atoms with Gasteiger partial charge in [0.05, 0.1) is 5.69 Å². The molecule has 0 saturated carbocycles. The highest BCUT2D eigenvalue weighted by Gasteiger charge is 2.06. The van der Waals surface area contributed by atoms with E-state index in [4.69, 9.17) is 10.5 Å². The van der Waals surface area contributed by atoms with Crippen LogP contribution in [0.2, 0.25) is 0 Å². The molecule has 0 aliphatic heterocycles. The number of aryl methyl sites for hydroxylation is 1. The fourth-order valence-corrected chi connectivity index (χ4v) is 1.59. The quantitative estimate of drug-likeness (QED) is 0.822. The van der Waals surface area contributed by atoms with Crippen LogP contribution < -0.4 is 10.5 Å². The van der Waals surface area contributed by atoms with E-state index >= 15 is 0 Å². The third-order valence-corrected chi connectivity index (χ3v) is 2.59. The lowest BCUT2D eigenvalue weighted by Gasteiger charge is -2.10. The van der Waals surface area contributed by atoms with E-state index < -0.39 is 5.82 Å². The number of para-hydroxylation sites is 1. The van der Waals surface area contributed by atoms with E-state index in [0.717, 1.165) is 11.3 Å². The van der Waals surface area contributed by atoms with Gasteiger partial charge in [0.15, 0.2) is 5.82 Å². The number of hydrogen-bond donors (Lipinski definition) is 1. The van der Waals surface area contributed by atoms with E-state index in [9.17, 15) is 4.39 Å². The molecule has 0 heterocycles. The van der Waals surface area contributed by atoms with E-state index in [1.165, 1.54) is 6.07 Å². The zero-order valence-electron chi connectivity index (χ0n) is 9.61. The van der Waals surface area contributed by atoms with Gasteiger partial charge in [-0.25, -0.2) is 4.39 Å². The van der Waals surface area contributed by atoms with Crippen molar-refractivity contribution in [3.63, 3.8) is 0 Å². The minimum atomic E-state index is -0.402. The molecule has 0 fully saturated rings. The number of hydrogen-bond acceptors (Lipinski definition) is 2. The fraction of sp³-hybridized carbons (Fsp3) is 0.143. The van der Waals surface area contributed by atoms with Crippen LogP contribution in [-0.4, -0.2) is 0 Å². The van der Waals surface area contributed by atoms with Crippen molar-refractivity contribution in [2.24, 2.45) is 0 Å². The Morgan fingerprint density at radius 1 is 1.12 bits per heavy atom. The van der Waals surface area contributed by atoms with Gasteiger partial charge in [-0.15, -0.1) is 0 Å². The minimum Gasteiger partial charge on any atom is -0.489 e. The van der Waals surface area contributed by atoms with Crippen molar-refractivity contribution < 1.29 is 9.13 Å². The number of nitrogens with two attached hydrogens (primary N) is 1. The molecule has 0 aliphatic carbocycles. The lowest BCUT2D eigenvalue weighted by molar-refractivity contribution is 0.298. The highest BCUT2D eigenvalue weighted by molar-refractivity contribution is 5.43. The highest BCUT2D eigenvalue weighted by atomic mass is 19.1. The summed E-state index contributed by atoms with van der Waals surface area (Å²) in [6.07, 6.45) is 0. The Kier molecular flexibility index (Phi) is 3.28. The van der Waals surface area contributed by atoms with Crippen molar-refractivity contribution in [3.05, 3.63) is 59.4 Å². The first-order chi connectivity index (χ1) is 8.18. The molecule has 88 valence electrons. The summed E-state index contributed by atoms with van der Waals surface area (Å²) < 4.78 is 19.2. The molecule has 0 radical (unpaired) electrons. The predicted molar refractivity (Wildman–Crippen MR) is 66.3 cm³/mol. The molecule has 2 aromatic rings. The van der Waals surface area contributed by atoms with E-state index in [1.807, 2.05) is 31.2 Å². The molecule has 0 aromatic heterocycles. The van der Waals surface area contributed by atoms with Gasteiger partial charge in [-0.3, -0.25) is 0 Å². The number of benzene rings is 2. The summed E-state index contributed by atoms with van der Waals surface area (Å²) in [6, 6.07) is 12.6. The van der Waals surface area contributed by atoms with Crippen LogP contribution in [0.3, 0.4) is 0 Å². The maximum atomic E-state index is 13.6. The maximum Gasteiger partial charge on any atom is 0.152 e. The smallest absolute Gasteiger partial charge is 0.152 e. The number of nitrogen functional groups attached to an aromatic ring is 1. The molecule has 0 unspecified atom stereocenters. The lowest BCUT2D eigenvalue weighted by atomic mass is 10.2. The Morgan fingerprint density at radius 3 is 2.65 bits per heavy atom. The summed E-state index contributed by atoms with van der Waals surface area (Å²) in [7, 11) is 0. The molecule has 0 spiro atoms. The van der Waals surface area contributed by atoms with Gasteiger partial charge >= 0.3 is 0 Å². The number of anilines is 1. The SMILES string of the molecule is Cc1ccccc1OCc1cccc(N)c1F. The van der Waals surface area contributed by atoms with Gasteiger partial charge in [0.25, 0.3) is 0 Å². The van der Waals surface area contributed by atoms with Crippen LogP contribution in [0.25, 0.3) is 0 Å². The van der Waals surface area contributed by atoms with Crippen LogP contribution >= 0.6 is 0 Å². The molecule has 17 heavy (non-hydrogen) atoms. The first-order valence-electron chi connectivity index (χ1n) is 5.40. The zero-order valence-corrected chi connectivity index (χ0v) is 9.61. The molecule has 0 aliphatic rings. The van der Waals surface area contributed by atoms with Gasteiger partial charge in [-0.05, 0) is 24.6 Å². The summed E-state index contributed by atoms with van der Waals surface area (Å²) in [5, 5.41) is 0. The fourth-order valence-electron chi connectivity index (χ4n) is 1.59. The maximum absolute atomic E-state index is 13.6. The van der Waals surface area contributed by atoms with Gasteiger partial charge in [-0.2, -0.15) is 0 Å². The van der Waals surface area contributed by atoms with Gasteiger partial charge in [0.2, 0.25) is 0 Å². The molecule has 2 aromatic carbocycles. The second kappa shape index (κ2) is 4.87. The van der Waals surface area contributed by atoms with Crippen molar-refractivity contribution in [3.8, 4) is 5.75 Å². The second-order valence-electron chi connectivity index (χ2n) is 3.87. The zero-order chi connectivity index (χ0) is 12.3. The van der Waals surface area contributed by atoms with Crippen LogP contribution in [0.1, 0.15) is 11.1 Å². The van der Waals surface area contributed by atoms with Gasteiger partial charge in [-0.1, -0.05) is 30.3 Å². The summed E-state index contributed by atoms with van der Waals surface area (Å²) in [5.74, 6) is 0.357. The van der Waals surface area contributed by atoms with Crippen molar-refractivity contribution in [2.45, 2.75) is 13.5 Å². The summed E-state index contributed by atoms with van der Waals surface area (Å²) in [5.41, 5.74) is 7.13. The van der Waals surface area contributed by atoms with Crippen molar-refractivity contribution in [1.29, 1.82) is 0 Å². The van der Waals surface area contributed by atoms with E-state index in [-0.39, 0.29) is 12.3 Å². The largest absolute Gasteiger partial charge is 0.489 e. The van der Waals surface area contributed by atoms with Crippen LogP contribution in [-0.2, 0) is 6.61 Å². The molecule has 3 heteroatoms. The predicted octanol–water partition coefficient (Wildman–Crippen LogP) is 3.30. The third kappa shape index (κ3) is 2.56. The van der Waals surface area contributed by atoms with Crippen molar-refractivity contribution >= 4 is 5.69 Å². The summed E-state index contributed by atoms with van der Waals surface area (Å²) >= 11 is 0. The topological polar surface area (TPSA) is 35.2 Å². The van der Waals surface area contributed by atoms with E-state index in [1.54, 1.807) is 12.1 Å². The highest BCUT2D eigenvalue weighted by Crippen LogP contribution is 2.20. The molecular weight excluding hydrogens is 217 g/mol. The average molecular weight is 231 g/mol. The van der Waals surface area contributed by atoms with Gasteiger partial charge in [0, 0.05) is 5.56 Å². The third-order valence-electron chi connectivity index (χ3n) is 2.59. The van der Waals surface area contributed by atoms with E-state index in [2.05, 4.69) is 0 Å². The van der Waals surface area contributed by atoms with Crippen LogP contribution in [0.15, 0.2) is 42.5 Å². The molecular formula is C14H14FNO. The molecule has 2 rings (SSSR count). The molecule has 0 saturated heterocycles.